The van der Waals surface area contributed by atoms with Crippen molar-refractivity contribution in [3.05, 3.63) is 45.9 Å². The van der Waals surface area contributed by atoms with Gasteiger partial charge in [-0.2, -0.15) is 0 Å². The summed E-state index contributed by atoms with van der Waals surface area (Å²) in [6, 6.07) is 8.54. The van der Waals surface area contributed by atoms with E-state index >= 15 is 0 Å². The summed E-state index contributed by atoms with van der Waals surface area (Å²) in [4.78, 5) is 21.8. The minimum Gasteiger partial charge on any atom is -0.370 e. The fourth-order valence-electron chi connectivity index (χ4n) is 3.82. The molecule has 0 saturated carbocycles. The molecule has 2 heterocycles. The first kappa shape index (κ1) is 20.8. The van der Waals surface area contributed by atoms with E-state index in [0.717, 1.165) is 56.3 Å². The van der Waals surface area contributed by atoms with Crippen LogP contribution in [0.1, 0.15) is 36.0 Å². The highest BCUT2D eigenvalue weighted by Crippen LogP contribution is 2.20. The van der Waals surface area contributed by atoms with E-state index in [2.05, 4.69) is 63.6 Å². The van der Waals surface area contributed by atoms with Gasteiger partial charge in [-0.3, -0.25) is 9.69 Å². The van der Waals surface area contributed by atoms with Crippen molar-refractivity contribution >= 4 is 22.9 Å². The highest BCUT2D eigenvalue weighted by molar-refractivity contribution is 7.09. The molecule has 2 aromatic rings. The van der Waals surface area contributed by atoms with E-state index in [1.165, 1.54) is 11.3 Å². The molecule has 1 aliphatic heterocycles. The normalized spacial score (nSPS) is 15.5. The number of carbonyl (C=O) groups is 1. The molecule has 3 rings (SSSR count). The van der Waals surface area contributed by atoms with Gasteiger partial charge in [0.15, 0.2) is 0 Å². The summed E-state index contributed by atoms with van der Waals surface area (Å²) in [5.74, 6) is 0.354. The highest BCUT2D eigenvalue weighted by Gasteiger charge is 2.25. The Morgan fingerprint density at radius 3 is 2.75 bits per heavy atom. The molecule has 0 radical (unpaired) electrons. The molecule has 0 bridgehead atoms. The van der Waals surface area contributed by atoms with Gasteiger partial charge in [-0.1, -0.05) is 12.1 Å². The Morgan fingerprint density at radius 2 is 2.11 bits per heavy atom. The number of amides is 1. The molecule has 1 aliphatic rings. The first-order valence-electron chi connectivity index (χ1n) is 10.3. The van der Waals surface area contributed by atoms with E-state index in [1.807, 2.05) is 6.92 Å². The van der Waals surface area contributed by atoms with Gasteiger partial charge in [0.1, 0.15) is 0 Å². The topological polar surface area (TPSA) is 48.5 Å². The zero-order chi connectivity index (χ0) is 19.9. The lowest BCUT2D eigenvalue weighted by molar-refractivity contribution is -0.126. The standard InChI is InChI=1S/C22H32N4OS/c1-4-26(21-7-5-6-17(2)14-21)13-10-23-22(27)19-8-11-25(12-9-19)15-20-16-28-18(3)24-20/h5-7,14,16,19H,4,8-13,15H2,1-3H3,(H,23,27). The summed E-state index contributed by atoms with van der Waals surface area (Å²) in [7, 11) is 0. The molecule has 1 aromatic carbocycles. The number of benzene rings is 1. The van der Waals surface area contributed by atoms with Gasteiger partial charge in [0.05, 0.1) is 10.7 Å². The number of likely N-dealkylation sites (N-methyl/N-ethyl adjacent to an activating group) is 1. The lowest BCUT2D eigenvalue weighted by atomic mass is 9.96. The van der Waals surface area contributed by atoms with E-state index in [-0.39, 0.29) is 11.8 Å². The van der Waals surface area contributed by atoms with Gasteiger partial charge in [-0.25, -0.2) is 4.98 Å². The number of likely N-dealkylation sites (tertiary alicyclic amines) is 1. The Labute approximate surface area is 172 Å². The van der Waals surface area contributed by atoms with Crippen molar-refractivity contribution < 1.29 is 4.79 Å². The Bertz CT molecular complexity index is 767. The average molecular weight is 401 g/mol. The number of hydrogen-bond donors (Lipinski definition) is 1. The van der Waals surface area contributed by atoms with Gasteiger partial charge in [0, 0.05) is 43.2 Å². The molecule has 1 saturated heterocycles. The number of aryl methyl sites for hydroxylation is 2. The third-order valence-electron chi connectivity index (χ3n) is 5.44. The molecule has 1 fully saturated rings. The predicted molar refractivity (Wildman–Crippen MR) is 117 cm³/mol. The fraction of sp³-hybridized carbons (Fsp3) is 0.545. The zero-order valence-corrected chi connectivity index (χ0v) is 18.1. The number of rotatable bonds is 8. The van der Waals surface area contributed by atoms with Crippen molar-refractivity contribution in [1.82, 2.24) is 15.2 Å². The van der Waals surface area contributed by atoms with E-state index in [4.69, 9.17) is 0 Å². The number of aromatic nitrogens is 1. The number of thiazole rings is 1. The summed E-state index contributed by atoms with van der Waals surface area (Å²) in [5, 5.41) is 6.42. The lowest BCUT2D eigenvalue weighted by Gasteiger charge is -2.31. The molecule has 5 nitrogen and oxygen atoms in total. The Balaban J connectivity index is 1.39. The van der Waals surface area contributed by atoms with Crippen molar-refractivity contribution in [2.75, 3.05) is 37.6 Å². The maximum Gasteiger partial charge on any atom is 0.223 e. The molecule has 0 spiro atoms. The molecule has 1 aromatic heterocycles. The first-order chi connectivity index (χ1) is 13.5. The van der Waals surface area contributed by atoms with E-state index < -0.39 is 0 Å². The maximum atomic E-state index is 12.6. The number of nitrogens with zero attached hydrogens (tertiary/aromatic N) is 3. The molecule has 0 atom stereocenters. The molecule has 28 heavy (non-hydrogen) atoms. The maximum absolute atomic E-state index is 12.6. The smallest absolute Gasteiger partial charge is 0.223 e. The number of nitrogens with one attached hydrogen (secondary N) is 1. The largest absolute Gasteiger partial charge is 0.370 e. The van der Waals surface area contributed by atoms with Gasteiger partial charge < -0.3 is 10.2 Å². The first-order valence-corrected chi connectivity index (χ1v) is 11.2. The van der Waals surface area contributed by atoms with Crippen LogP contribution < -0.4 is 10.2 Å². The van der Waals surface area contributed by atoms with Crippen LogP contribution in [0.3, 0.4) is 0 Å². The van der Waals surface area contributed by atoms with Gasteiger partial charge in [-0.05, 0) is 64.4 Å². The zero-order valence-electron chi connectivity index (χ0n) is 17.3. The fourth-order valence-corrected chi connectivity index (χ4v) is 4.42. The second kappa shape index (κ2) is 10.0. The monoisotopic (exact) mass is 400 g/mol. The van der Waals surface area contributed by atoms with Crippen LogP contribution in [-0.2, 0) is 11.3 Å². The Kier molecular flexibility index (Phi) is 7.45. The van der Waals surface area contributed by atoms with Crippen LogP contribution in [0.2, 0.25) is 0 Å². The van der Waals surface area contributed by atoms with Crippen molar-refractivity contribution in [1.29, 1.82) is 0 Å². The third kappa shape index (κ3) is 5.79. The molecule has 1 amide bonds. The van der Waals surface area contributed by atoms with Gasteiger partial charge in [0.25, 0.3) is 0 Å². The second-order valence-corrected chi connectivity index (χ2v) is 8.68. The molecular weight excluding hydrogens is 368 g/mol. The van der Waals surface area contributed by atoms with Crippen LogP contribution >= 0.6 is 11.3 Å². The number of hydrogen-bond acceptors (Lipinski definition) is 5. The van der Waals surface area contributed by atoms with Crippen molar-refractivity contribution in [2.24, 2.45) is 5.92 Å². The summed E-state index contributed by atoms with van der Waals surface area (Å²) >= 11 is 1.70. The second-order valence-electron chi connectivity index (χ2n) is 7.62. The lowest BCUT2D eigenvalue weighted by Crippen LogP contribution is -2.42. The molecule has 0 unspecified atom stereocenters. The number of anilines is 1. The highest BCUT2D eigenvalue weighted by atomic mass is 32.1. The van der Waals surface area contributed by atoms with Crippen molar-refractivity contribution in [3.8, 4) is 0 Å². The van der Waals surface area contributed by atoms with E-state index in [1.54, 1.807) is 11.3 Å². The van der Waals surface area contributed by atoms with Gasteiger partial charge in [0.2, 0.25) is 5.91 Å². The molecular formula is C22H32N4OS. The van der Waals surface area contributed by atoms with Crippen LogP contribution in [0.25, 0.3) is 0 Å². The van der Waals surface area contributed by atoms with E-state index in [0.29, 0.717) is 6.54 Å². The third-order valence-corrected chi connectivity index (χ3v) is 6.26. The van der Waals surface area contributed by atoms with Crippen molar-refractivity contribution in [2.45, 2.75) is 40.2 Å². The molecule has 0 aliphatic carbocycles. The summed E-state index contributed by atoms with van der Waals surface area (Å²) in [6.45, 7) is 11.6. The number of carbonyl (C=O) groups excluding carboxylic acids is 1. The van der Waals surface area contributed by atoms with Crippen molar-refractivity contribution in [3.63, 3.8) is 0 Å². The molecule has 6 heteroatoms. The summed E-state index contributed by atoms with van der Waals surface area (Å²) in [6.07, 6.45) is 1.87. The van der Waals surface area contributed by atoms with Crippen LogP contribution in [-0.4, -0.2) is 48.5 Å². The minimum atomic E-state index is 0.141. The van der Waals surface area contributed by atoms with Crippen LogP contribution in [0, 0.1) is 19.8 Å². The predicted octanol–water partition coefficient (Wildman–Crippen LogP) is 3.61. The van der Waals surface area contributed by atoms with Crippen LogP contribution in [0.4, 0.5) is 5.69 Å². The molecule has 1 N–H and O–H groups in total. The molecule has 152 valence electrons. The quantitative estimate of drug-likeness (QED) is 0.735. The minimum absolute atomic E-state index is 0.141. The SMILES string of the molecule is CCN(CCNC(=O)C1CCN(Cc2csc(C)n2)CC1)c1cccc(C)c1. The van der Waals surface area contributed by atoms with Crippen LogP contribution in [0.15, 0.2) is 29.6 Å². The number of piperidine rings is 1. The van der Waals surface area contributed by atoms with Gasteiger partial charge >= 0.3 is 0 Å². The Morgan fingerprint density at radius 1 is 1.32 bits per heavy atom. The summed E-state index contributed by atoms with van der Waals surface area (Å²) < 4.78 is 0. The van der Waals surface area contributed by atoms with E-state index in [9.17, 15) is 4.79 Å². The van der Waals surface area contributed by atoms with Gasteiger partial charge in [-0.15, -0.1) is 11.3 Å². The Hall–Kier alpha value is -1.92. The summed E-state index contributed by atoms with van der Waals surface area (Å²) in [5.41, 5.74) is 3.64. The van der Waals surface area contributed by atoms with Crippen LogP contribution in [0.5, 0.6) is 0 Å². The average Bonchev–Trinajstić information content (AvgIpc) is 3.10.